The van der Waals surface area contributed by atoms with E-state index in [0.717, 1.165) is 10.7 Å². The number of amides is 1. The Balaban J connectivity index is 1.35. The number of nitrogens with one attached hydrogen (secondary N) is 1. The Bertz CT molecular complexity index is 1020. The number of aromatic nitrogens is 1. The largest absolute Gasteiger partial charge is 0.366 e. The summed E-state index contributed by atoms with van der Waals surface area (Å²) in [6, 6.07) is 12.6. The fourth-order valence-electron chi connectivity index (χ4n) is 3.47. The summed E-state index contributed by atoms with van der Waals surface area (Å²) in [6.07, 6.45) is 0. The van der Waals surface area contributed by atoms with Gasteiger partial charge in [0.25, 0.3) is 5.91 Å². The van der Waals surface area contributed by atoms with Crippen LogP contribution < -0.4 is 15.1 Å². The molecule has 0 saturated carbocycles. The first-order chi connectivity index (χ1) is 14.5. The molecule has 1 aromatic heterocycles. The molecule has 1 aliphatic rings. The summed E-state index contributed by atoms with van der Waals surface area (Å²) in [6.45, 7) is 4.62. The highest BCUT2D eigenvalue weighted by Gasteiger charge is 2.22. The number of carbonyl (C=O) groups excluding carboxylic acids is 1. The van der Waals surface area contributed by atoms with E-state index in [9.17, 15) is 13.6 Å². The maximum Gasteiger partial charge on any atom is 0.271 e. The second-order valence-electron chi connectivity index (χ2n) is 7.19. The summed E-state index contributed by atoms with van der Waals surface area (Å²) in [5.41, 5.74) is 1.80. The minimum absolute atomic E-state index is 0.213. The van der Waals surface area contributed by atoms with Gasteiger partial charge < -0.3 is 15.1 Å². The Morgan fingerprint density at radius 3 is 2.40 bits per heavy atom. The van der Waals surface area contributed by atoms with E-state index in [1.807, 2.05) is 17.9 Å². The summed E-state index contributed by atoms with van der Waals surface area (Å²) in [5, 5.41) is 5.42. The zero-order chi connectivity index (χ0) is 21.1. The van der Waals surface area contributed by atoms with Crippen molar-refractivity contribution >= 4 is 28.1 Å². The smallest absolute Gasteiger partial charge is 0.271 e. The average Bonchev–Trinajstić information content (AvgIpc) is 3.25. The minimum atomic E-state index is -0.309. The Labute approximate surface area is 178 Å². The number of anilines is 2. The summed E-state index contributed by atoms with van der Waals surface area (Å²) in [7, 11) is 0. The van der Waals surface area contributed by atoms with Crippen LogP contribution in [0.3, 0.4) is 0 Å². The van der Waals surface area contributed by atoms with Crippen molar-refractivity contribution in [2.24, 2.45) is 0 Å². The Morgan fingerprint density at radius 1 is 1.03 bits per heavy atom. The quantitative estimate of drug-likeness (QED) is 0.661. The van der Waals surface area contributed by atoms with Crippen molar-refractivity contribution in [3.05, 3.63) is 76.8 Å². The van der Waals surface area contributed by atoms with Gasteiger partial charge in [0.15, 0.2) is 5.13 Å². The standard InChI is InChI=1S/C22H22F2N4OS/c1-15(16-6-8-17(23)9-7-16)25-21(29)19-14-30-22(26-19)28-12-10-27(11-13-28)20-5-3-2-4-18(20)24/h2-9,14-15H,10-13H2,1H3,(H,25,29)/t15-/m0/s1. The summed E-state index contributed by atoms with van der Waals surface area (Å²) < 4.78 is 27.1. The predicted molar refractivity (Wildman–Crippen MR) is 115 cm³/mol. The number of para-hydroxylation sites is 1. The lowest BCUT2D eigenvalue weighted by atomic mass is 10.1. The van der Waals surface area contributed by atoms with E-state index < -0.39 is 0 Å². The van der Waals surface area contributed by atoms with Crippen LogP contribution in [0.25, 0.3) is 0 Å². The molecule has 30 heavy (non-hydrogen) atoms. The lowest BCUT2D eigenvalue weighted by molar-refractivity contribution is 0.0935. The molecule has 2 aromatic carbocycles. The normalized spacial score (nSPS) is 15.2. The molecule has 8 heteroatoms. The van der Waals surface area contributed by atoms with Crippen LogP contribution >= 0.6 is 11.3 Å². The molecule has 0 spiro atoms. The zero-order valence-corrected chi connectivity index (χ0v) is 17.3. The molecule has 1 saturated heterocycles. The SMILES string of the molecule is C[C@H](NC(=O)c1csc(N2CCN(c3ccccc3F)CC2)n1)c1ccc(F)cc1. The topological polar surface area (TPSA) is 48.5 Å². The van der Waals surface area contributed by atoms with Crippen molar-refractivity contribution in [2.75, 3.05) is 36.0 Å². The summed E-state index contributed by atoms with van der Waals surface area (Å²) in [4.78, 5) is 21.2. The molecule has 3 aromatic rings. The van der Waals surface area contributed by atoms with E-state index in [1.165, 1.54) is 29.5 Å². The number of hydrogen-bond acceptors (Lipinski definition) is 5. The number of nitrogens with zero attached hydrogens (tertiary/aromatic N) is 3. The van der Waals surface area contributed by atoms with Crippen molar-refractivity contribution in [1.82, 2.24) is 10.3 Å². The fraction of sp³-hybridized carbons (Fsp3) is 0.273. The van der Waals surface area contributed by atoms with Crippen molar-refractivity contribution in [1.29, 1.82) is 0 Å². The van der Waals surface area contributed by atoms with Crippen LogP contribution in [0.2, 0.25) is 0 Å². The third-order valence-electron chi connectivity index (χ3n) is 5.19. The Kier molecular flexibility index (Phi) is 5.94. The van der Waals surface area contributed by atoms with E-state index in [1.54, 1.807) is 29.6 Å². The molecule has 1 atom stereocenters. The maximum atomic E-state index is 14.0. The molecule has 156 valence electrons. The molecule has 1 aliphatic heterocycles. The van der Waals surface area contributed by atoms with E-state index in [4.69, 9.17) is 0 Å². The number of rotatable bonds is 5. The number of carbonyl (C=O) groups is 1. The van der Waals surface area contributed by atoms with Gasteiger partial charge >= 0.3 is 0 Å². The molecular formula is C22H22F2N4OS. The maximum absolute atomic E-state index is 14.0. The average molecular weight is 429 g/mol. The van der Waals surface area contributed by atoms with Crippen LogP contribution in [0.15, 0.2) is 53.9 Å². The molecule has 4 rings (SSSR count). The van der Waals surface area contributed by atoms with Gasteiger partial charge in [0.05, 0.1) is 11.7 Å². The number of piperazine rings is 1. The van der Waals surface area contributed by atoms with Gasteiger partial charge in [-0.05, 0) is 36.8 Å². The molecule has 1 fully saturated rings. The van der Waals surface area contributed by atoms with Gasteiger partial charge in [-0.3, -0.25) is 4.79 Å². The second-order valence-corrected chi connectivity index (χ2v) is 8.02. The molecule has 2 heterocycles. The van der Waals surface area contributed by atoms with E-state index >= 15 is 0 Å². The highest BCUT2D eigenvalue weighted by atomic mass is 32.1. The van der Waals surface area contributed by atoms with E-state index in [-0.39, 0.29) is 23.6 Å². The van der Waals surface area contributed by atoms with Crippen molar-refractivity contribution in [2.45, 2.75) is 13.0 Å². The molecule has 1 N–H and O–H groups in total. The minimum Gasteiger partial charge on any atom is -0.366 e. The van der Waals surface area contributed by atoms with Gasteiger partial charge in [-0.25, -0.2) is 13.8 Å². The second kappa shape index (κ2) is 8.79. The van der Waals surface area contributed by atoms with Gasteiger partial charge in [-0.1, -0.05) is 24.3 Å². The lowest BCUT2D eigenvalue weighted by Crippen LogP contribution is -2.46. The highest BCUT2D eigenvalue weighted by molar-refractivity contribution is 7.13. The van der Waals surface area contributed by atoms with Crippen LogP contribution in [0.5, 0.6) is 0 Å². The summed E-state index contributed by atoms with van der Waals surface area (Å²) in [5.74, 6) is -0.787. The molecular weight excluding hydrogens is 406 g/mol. The van der Waals surface area contributed by atoms with E-state index in [2.05, 4.69) is 15.2 Å². The molecule has 0 bridgehead atoms. The number of thiazole rings is 1. The van der Waals surface area contributed by atoms with Gasteiger partial charge in [-0.2, -0.15) is 0 Å². The van der Waals surface area contributed by atoms with Crippen molar-refractivity contribution in [3.8, 4) is 0 Å². The first-order valence-electron chi connectivity index (χ1n) is 9.77. The van der Waals surface area contributed by atoms with Crippen molar-refractivity contribution < 1.29 is 13.6 Å². The van der Waals surface area contributed by atoms with Gasteiger partial charge in [0.1, 0.15) is 17.3 Å². The van der Waals surface area contributed by atoms with Crippen LogP contribution in [-0.2, 0) is 0 Å². The number of benzene rings is 2. The number of hydrogen-bond donors (Lipinski definition) is 1. The first kappa shape index (κ1) is 20.3. The molecule has 0 unspecified atom stereocenters. The number of halogens is 2. The van der Waals surface area contributed by atoms with Crippen molar-refractivity contribution in [3.63, 3.8) is 0 Å². The highest BCUT2D eigenvalue weighted by Crippen LogP contribution is 2.25. The Hall–Kier alpha value is -3.00. The van der Waals surface area contributed by atoms with E-state index in [0.29, 0.717) is 37.6 Å². The third-order valence-corrected chi connectivity index (χ3v) is 6.09. The van der Waals surface area contributed by atoms with Crippen LogP contribution in [0, 0.1) is 11.6 Å². The van der Waals surface area contributed by atoms with Gasteiger partial charge in [0.2, 0.25) is 0 Å². The predicted octanol–water partition coefficient (Wildman–Crippen LogP) is 4.24. The monoisotopic (exact) mass is 428 g/mol. The van der Waals surface area contributed by atoms with Crippen LogP contribution in [-0.4, -0.2) is 37.1 Å². The van der Waals surface area contributed by atoms with Gasteiger partial charge in [0, 0.05) is 31.6 Å². The molecule has 0 radical (unpaired) electrons. The lowest BCUT2D eigenvalue weighted by Gasteiger charge is -2.36. The summed E-state index contributed by atoms with van der Waals surface area (Å²) >= 11 is 1.42. The van der Waals surface area contributed by atoms with Crippen LogP contribution in [0.4, 0.5) is 19.6 Å². The molecule has 1 amide bonds. The first-order valence-corrected chi connectivity index (χ1v) is 10.7. The third kappa shape index (κ3) is 4.43. The zero-order valence-electron chi connectivity index (χ0n) is 16.5. The fourth-order valence-corrected chi connectivity index (χ4v) is 4.33. The van der Waals surface area contributed by atoms with Crippen LogP contribution in [0.1, 0.15) is 29.0 Å². The molecule has 0 aliphatic carbocycles. The molecule has 5 nitrogen and oxygen atoms in total. The Morgan fingerprint density at radius 2 is 1.70 bits per heavy atom. The van der Waals surface area contributed by atoms with Gasteiger partial charge in [-0.15, -0.1) is 11.3 Å².